The highest BCUT2D eigenvalue weighted by atomic mass is 19.1. The van der Waals surface area contributed by atoms with E-state index in [-0.39, 0.29) is 11.7 Å². The van der Waals surface area contributed by atoms with Crippen molar-refractivity contribution in [3.63, 3.8) is 0 Å². The molecule has 0 saturated carbocycles. The number of nitrogens with one attached hydrogen (secondary N) is 1. The minimum Gasteiger partial charge on any atom is -0.493 e. The molecule has 28 heavy (non-hydrogen) atoms. The number of carbonyl (C=O) groups excluding carboxylic acids is 1. The number of methoxy groups -OCH3 is 1. The van der Waals surface area contributed by atoms with Crippen LogP contribution in [0.4, 0.5) is 10.1 Å². The van der Waals surface area contributed by atoms with Gasteiger partial charge in [-0.3, -0.25) is 4.79 Å². The van der Waals surface area contributed by atoms with E-state index < -0.39 is 0 Å². The van der Waals surface area contributed by atoms with E-state index in [2.05, 4.69) is 5.32 Å². The van der Waals surface area contributed by atoms with Gasteiger partial charge in [0.2, 0.25) is 0 Å². The van der Waals surface area contributed by atoms with Crippen LogP contribution in [0.1, 0.15) is 28.7 Å². The van der Waals surface area contributed by atoms with Gasteiger partial charge in [-0.1, -0.05) is 0 Å². The standard InChI is InChI=1S/C22H23FN2O3/c1-5-28-20-11-8-17(13-21(20)27-4)24-22(26)19-12-14(2)25(15(19)3)18-9-6-16(23)7-10-18/h6-13H,5H2,1-4H3,(H,24,26). The van der Waals surface area contributed by atoms with Crippen molar-refractivity contribution in [1.29, 1.82) is 0 Å². The van der Waals surface area contributed by atoms with Gasteiger partial charge in [-0.25, -0.2) is 4.39 Å². The van der Waals surface area contributed by atoms with Crippen LogP contribution < -0.4 is 14.8 Å². The maximum Gasteiger partial charge on any atom is 0.257 e. The van der Waals surface area contributed by atoms with Crippen molar-refractivity contribution < 1.29 is 18.7 Å². The number of aryl methyl sites for hydroxylation is 1. The number of hydrogen-bond acceptors (Lipinski definition) is 3. The van der Waals surface area contributed by atoms with Crippen molar-refractivity contribution in [3.05, 3.63) is 71.3 Å². The lowest BCUT2D eigenvalue weighted by Gasteiger charge is -2.12. The first-order valence-electron chi connectivity index (χ1n) is 9.01. The number of anilines is 1. The van der Waals surface area contributed by atoms with Gasteiger partial charge in [0.05, 0.1) is 19.3 Å². The van der Waals surface area contributed by atoms with Gasteiger partial charge in [0.15, 0.2) is 11.5 Å². The van der Waals surface area contributed by atoms with Crippen LogP contribution in [-0.4, -0.2) is 24.2 Å². The molecule has 0 unspecified atom stereocenters. The van der Waals surface area contributed by atoms with Crippen molar-refractivity contribution in [2.45, 2.75) is 20.8 Å². The summed E-state index contributed by atoms with van der Waals surface area (Å²) in [5.74, 6) is 0.648. The van der Waals surface area contributed by atoms with E-state index in [4.69, 9.17) is 9.47 Å². The highest BCUT2D eigenvalue weighted by Gasteiger charge is 2.17. The number of nitrogens with zero attached hydrogens (tertiary/aromatic N) is 1. The largest absolute Gasteiger partial charge is 0.493 e. The summed E-state index contributed by atoms with van der Waals surface area (Å²) >= 11 is 0. The van der Waals surface area contributed by atoms with Crippen LogP contribution in [0.2, 0.25) is 0 Å². The molecule has 0 atom stereocenters. The summed E-state index contributed by atoms with van der Waals surface area (Å²) in [7, 11) is 1.56. The quantitative estimate of drug-likeness (QED) is 0.660. The molecule has 1 aromatic heterocycles. The number of benzene rings is 2. The molecule has 0 spiro atoms. The van der Waals surface area contributed by atoms with Crippen LogP contribution in [0, 0.1) is 19.7 Å². The summed E-state index contributed by atoms with van der Waals surface area (Å²) in [6.45, 7) is 6.19. The molecular formula is C22H23FN2O3. The molecule has 146 valence electrons. The first-order valence-corrected chi connectivity index (χ1v) is 9.01. The molecule has 1 heterocycles. The summed E-state index contributed by atoms with van der Waals surface area (Å²) < 4.78 is 26.0. The molecule has 0 saturated heterocycles. The molecule has 1 N–H and O–H groups in total. The third-order valence-electron chi connectivity index (χ3n) is 4.48. The highest BCUT2D eigenvalue weighted by Crippen LogP contribution is 2.30. The molecule has 6 heteroatoms. The maximum atomic E-state index is 13.2. The van der Waals surface area contributed by atoms with Gasteiger partial charge in [0.25, 0.3) is 5.91 Å². The molecule has 1 amide bonds. The molecule has 0 radical (unpaired) electrons. The van der Waals surface area contributed by atoms with Crippen LogP contribution in [0.3, 0.4) is 0 Å². The molecule has 0 aliphatic carbocycles. The summed E-state index contributed by atoms with van der Waals surface area (Å²) in [6, 6.07) is 13.3. The smallest absolute Gasteiger partial charge is 0.257 e. The van der Waals surface area contributed by atoms with Crippen molar-refractivity contribution in [2.75, 3.05) is 19.0 Å². The molecule has 0 bridgehead atoms. The van der Waals surface area contributed by atoms with Gasteiger partial charge in [0, 0.05) is 28.8 Å². The highest BCUT2D eigenvalue weighted by molar-refractivity contribution is 6.05. The Morgan fingerprint density at radius 2 is 1.79 bits per heavy atom. The number of carbonyl (C=O) groups is 1. The first-order chi connectivity index (χ1) is 13.4. The Kier molecular flexibility index (Phi) is 5.68. The number of rotatable bonds is 6. The topological polar surface area (TPSA) is 52.5 Å². The van der Waals surface area contributed by atoms with Crippen LogP contribution in [0.25, 0.3) is 5.69 Å². The lowest BCUT2D eigenvalue weighted by Crippen LogP contribution is -2.13. The van der Waals surface area contributed by atoms with Crippen LogP contribution in [0.15, 0.2) is 48.5 Å². The van der Waals surface area contributed by atoms with E-state index in [1.807, 2.05) is 31.4 Å². The number of hydrogen-bond donors (Lipinski definition) is 1. The Morgan fingerprint density at radius 3 is 2.43 bits per heavy atom. The van der Waals surface area contributed by atoms with Gasteiger partial charge in [0.1, 0.15) is 5.82 Å². The molecular weight excluding hydrogens is 359 g/mol. The number of amides is 1. The monoisotopic (exact) mass is 382 g/mol. The van der Waals surface area contributed by atoms with Crippen molar-refractivity contribution in [1.82, 2.24) is 4.57 Å². The second-order valence-corrected chi connectivity index (χ2v) is 6.35. The normalized spacial score (nSPS) is 10.6. The van der Waals surface area contributed by atoms with Gasteiger partial charge in [-0.2, -0.15) is 0 Å². The third-order valence-corrected chi connectivity index (χ3v) is 4.48. The van der Waals surface area contributed by atoms with E-state index in [0.717, 1.165) is 17.1 Å². The van der Waals surface area contributed by atoms with Gasteiger partial charge in [-0.05, 0) is 63.2 Å². The lowest BCUT2D eigenvalue weighted by molar-refractivity contribution is 0.102. The van der Waals surface area contributed by atoms with Crippen LogP contribution >= 0.6 is 0 Å². The number of aromatic nitrogens is 1. The molecule has 5 nitrogen and oxygen atoms in total. The summed E-state index contributed by atoms with van der Waals surface area (Å²) in [5.41, 5.74) is 3.63. The lowest BCUT2D eigenvalue weighted by atomic mass is 10.2. The zero-order valence-electron chi connectivity index (χ0n) is 16.4. The second-order valence-electron chi connectivity index (χ2n) is 6.35. The molecule has 3 aromatic rings. The zero-order valence-corrected chi connectivity index (χ0v) is 16.4. The Bertz CT molecular complexity index is 994. The Labute approximate surface area is 163 Å². The van der Waals surface area contributed by atoms with Gasteiger partial charge >= 0.3 is 0 Å². The Hall–Kier alpha value is -3.28. The molecule has 0 aliphatic heterocycles. The maximum absolute atomic E-state index is 13.2. The van der Waals surface area contributed by atoms with E-state index in [1.54, 1.807) is 37.4 Å². The van der Waals surface area contributed by atoms with Crippen LogP contribution in [-0.2, 0) is 0 Å². The van der Waals surface area contributed by atoms with E-state index >= 15 is 0 Å². The summed E-state index contributed by atoms with van der Waals surface area (Å²) in [5, 5.41) is 2.90. The van der Waals surface area contributed by atoms with Crippen molar-refractivity contribution in [3.8, 4) is 17.2 Å². The SMILES string of the molecule is CCOc1ccc(NC(=O)c2cc(C)n(-c3ccc(F)cc3)c2C)cc1OC. The third kappa shape index (κ3) is 3.86. The minimum atomic E-state index is -0.298. The Morgan fingerprint density at radius 1 is 1.07 bits per heavy atom. The fraction of sp³-hybridized carbons (Fsp3) is 0.227. The fourth-order valence-electron chi connectivity index (χ4n) is 3.20. The molecule has 2 aromatic carbocycles. The minimum absolute atomic E-state index is 0.229. The summed E-state index contributed by atoms with van der Waals surface area (Å²) in [6.07, 6.45) is 0. The summed E-state index contributed by atoms with van der Waals surface area (Å²) in [4.78, 5) is 12.8. The van der Waals surface area contributed by atoms with E-state index in [1.165, 1.54) is 12.1 Å². The van der Waals surface area contributed by atoms with E-state index in [9.17, 15) is 9.18 Å². The number of ether oxygens (including phenoxy) is 2. The number of halogens is 1. The van der Waals surface area contributed by atoms with E-state index in [0.29, 0.717) is 29.4 Å². The predicted molar refractivity (Wildman–Crippen MR) is 107 cm³/mol. The molecule has 0 fully saturated rings. The second kappa shape index (κ2) is 8.17. The molecule has 0 aliphatic rings. The predicted octanol–water partition coefficient (Wildman–Crippen LogP) is 4.89. The van der Waals surface area contributed by atoms with Crippen molar-refractivity contribution >= 4 is 11.6 Å². The average molecular weight is 382 g/mol. The zero-order chi connectivity index (χ0) is 20.3. The fourth-order valence-corrected chi connectivity index (χ4v) is 3.20. The van der Waals surface area contributed by atoms with Crippen LogP contribution in [0.5, 0.6) is 11.5 Å². The molecule has 3 rings (SSSR count). The Balaban J connectivity index is 1.87. The first kappa shape index (κ1) is 19.5. The van der Waals surface area contributed by atoms with Gasteiger partial charge < -0.3 is 19.4 Å². The average Bonchev–Trinajstić information content (AvgIpc) is 2.98. The van der Waals surface area contributed by atoms with Gasteiger partial charge in [-0.15, -0.1) is 0 Å². The van der Waals surface area contributed by atoms with Crippen molar-refractivity contribution in [2.24, 2.45) is 0 Å².